The lowest BCUT2D eigenvalue weighted by Gasteiger charge is -2.26. The summed E-state index contributed by atoms with van der Waals surface area (Å²) in [5.41, 5.74) is 1.83. The Balaban J connectivity index is 1.68. The van der Waals surface area contributed by atoms with Crippen LogP contribution in [0.5, 0.6) is 0 Å². The molecule has 20 heavy (non-hydrogen) atoms. The fraction of sp³-hybridized carbons (Fsp3) is 0.500. The summed E-state index contributed by atoms with van der Waals surface area (Å²) in [6.07, 6.45) is 6.95. The van der Waals surface area contributed by atoms with Crippen LogP contribution in [0.4, 0.5) is 5.82 Å². The van der Waals surface area contributed by atoms with E-state index < -0.39 is 0 Å². The van der Waals surface area contributed by atoms with Crippen molar-refractivity contribution in [3.05, 3.63) is 24.2 Å². The first-order chi connectivity index (χ1) is 9.74. The fourth-order valence-corrected chi connectivity index (χ4v) is 2.59. The summed E-state index contributed by atoms with van der Waals surface area (Å²) in [6.45, 7) is 3.99. The van der Waals surface area contributed by atoms with Gasteiger partial charge in [0, 0.05) is 25.5 Å². The Morgan fingerprint density at radius 2 is 2.15 bits per heavy atom. The van der Waals surface area contributed by atoms with E-state index in [-0.39, 0.29) is 12.5 Å². The van der Waals surface area contributed by atoms with Crippen molar-refractivity contribution in [2.24, 2.45) is 0 Å². The smallest absolute Gasteiger partial charge is 0.241 e. The van der Waals surface area contributed by atoms with E-state index in [1.165, 1.54) is 6.42 Å². The van der Waals surface area contributed by atoms with Crippen LogP contribution in [-0.2, 0) is 4.79 Å². The number of amides is 1. The molecule has 2 aromatic heterocycles. The molecule has 0 spiro atoms. The van der Waals surface area contributed by atoms with E-state index in [0.29, 0.717) is 5.82 Å². The Labute approximate surface area is 117 Å². The van der Waals surface area contributed by atoms with Crippen LogP contribution in [0.3, 0.4) is 0 Å². The van der Waals surface area contributed by atoms with Crippen LogP contribution in [-0.4, -0.2) is 45.0 Å². The molecule has 1 N–H and O–H groups in total. The average Bonchev–Trinajstić information content (AvgIpc) is 2.86. The van der Waals surface area contributed by atoms with E-state index in [2.05, 4.69) is 15.4 Å². The van der Waals surface area contributed by atoms with Crippen LogP contribution in [0.25, 0.3) is 5.52 Å². The first-order valence-corrected chi connectivity index (χ1v) is 7.07. The van der Waals surface area contributed by atoms with Crippen LogP contribution in [0.2, 0.25) is 0 Å². The number of aromatic nitrogens is 3. The second-order valence-corrected chi connectivity index (χ2v) is 5.19. The number of hydrogen-bond donors (Lipinski definition) is 1. The highest BCUT2D eigenvalue weighted by atomic mass is 16.2. The standard InChI is InChI=1S/C14H19N5O/c1-11-9-12-14(15-5-8-19(12)17-11)16-10-13(20)18-6-3-2-4-7-18/h5,8-9H,2-4,6-7,10H2,1H3,(H,15,16). The van der Waals surface area contributed by atoms with E-state index in [9.17, 15) is 4.79 Å². The molecule has 0 atom stereocenters. The fourth-order valence-electron chi connectivity index (χ4n) is 2.59. The molecule has 1 saturated heterocycles. The van der Waals surface area contributed by atoms with Crippen molar-refractivity contribution >= 4 is 17.2 Å². The predicted molar refractivity (Wildman–Crippen MR) is 76.6 cm³/mol. The maximum Gasteiger partial charge on any atom is 0.241 e. The van der Waals surface area contributed by atoms with E-state index in [1.54, 1.807) is 16.9 Å². The van der Waals surface area contributed by atoms with Gasteiger partial charge in [-0.3, -0.25) is 4.79 Å². The number of likely N-dealkylation sites (tertiary alicyclic amines) is 1. The highest BCUT2D eigenvalue weighted by Gasteiger charge is 2.16. The number of fused-ring (bicyclic) bond motifs is 1. The topological polar surface area (TPSA) is 62.5 Å². The lowest BCUT2D eigenvalue weighted by Crippen LogP contribution is -2.39. The molecule has 3 heterocycles. The summed E-state index contributed by atoms with van der Waals surface area (Å²) in [5.74, 6) is 0.850. The van der Waals surface area contributed by atoms with Gasteiger partial charge in [0.1, 0.15) is 5.52 Å². The molecule has 2 aromatic rings. The minimum atomic E-state index is 0.143. The van der Waals surface area contributed by atoms with Gasteiger partial charge in [-0.1, -0.05) is 0 Å². The molecule has 1 aliphatic rings. The summed E-state index contributed by atoms with van der Waals surface area (Å²) in [6, 6.07) is 1.96. The summed E-state index contributed by atoms with van der Waals surface area (Å²) in [5, 5.41) is 7.47. The molecule has 6 heteroatoms. The summed E-state index contributed by atoms with van der Waals surface area (Å²) >= 11 is 0. The monoisotopic (exact) mass is 273 g/mol. The zero-order valence-corrected chi connectivity index (χ0v) is 11.7. The Bertz CT molecular complexity index is 615. The molecule has 0 bridgehead atoms. The van der Waals surface area contributed by atoms with Crippen molar-refractivity contribution in [2.75, 3.05) is 25.0 Å². The van der Waals surface area contributed by atoms with Gasteiger partial charge in [-0.15, -0.1) is 0 Å². The number of hydrogen-bond acceptors (Lipinski definition) is 4. The van der Waals surface area contributed by atoms with Crippen LogP contribution in [0.1, 0.15) is 25.0 Å². The second-order valence-electron chi connectivity index (χ2n) is 5.19. The van der Waals surface area contributed by atoms with Crippen molar-refractivity contribution in [2.45, 2.75) is 26.2 Å². The van der Waals surface area contributed by atoms with Crippen LogP contribution in [0, 0.1) is 6.92 Å². The number of nitrogens with one attached hydrogen (secondary N) is 1. The molecule has 1 fully saturated rings. The number of carbonyl (C=O) groups is 1. The zero-order valence-electron chi connectivity index (χ0n) is 11.7. The minimum absolute atomic E-state index is 0.143. The normalized spacial score (nSPS) is 15.6. The molecule has 0 radical (unpaired) electrons. The minimum Gasteiger partial charge on any atom is -0.359 e. The average molecular weight is 273 g/mol. The molecule has 3 rings (SSSR count). The van der Waals surface area contributed by atoms with Crippen molar-refractivity contribution in [1.29, 1.82) is 0 Å². The van der Waals surface area contributed by atoms with E-state index >= 15 is 0 Å². The summed E-state index contributed by atoms with van der Waals surface area (Å²) in [7, 11) is 0. The van der Waals surface area contributed by atoms with E-state index in [1.807, 2.05) is 17.9 Å². The molecular weight excluding hydrogens is 254 g/mol. The van der Waals surface area contributed by atoms with Crippen molar-refractivity contribution in [3.8, 4) is 0 Å². The van der Waals surface area contributed by atoms with Gasteiger partial charge in [-0.05, 0) is 32.3 Å². The largest absolute Gasteiger partial charge is 0.359 e. The SMILES string of the molecule is Cc1cc2c(NCC(=O)N3CCCCC3)nccn2n1. The third-order valence-corrected chi connectivity index (χ3v) is 3.63. The van der Waals surface area contributed by atoms with Crippen molar-refractivity contribution in [3.63, 3.8) is 0 Å². The van der Waals surface area contributed by atoms with Gasteiger partial charge >= 0.3 is 0 Å². The molecule has 1 aliphatic heterocycles. The van der Waals surface area contributed by atoms with Gasteiger partial charge in [0.15, 0.2) is 5.82 Å². The third-order valence-electron chi connectivity index (χ3n) is 3.63. The summed E-state index contributed by atoms with van der Waals surface area (Å²) < 4.78 is 1.77. The van der Waals surface area contributed by atoms with Crippen LogP contribution >= 0.6 is 0 Å². The Hall–Kier alpha value is -2.11. The van der Waals surface area contributed by atoms with Gasteiger partial charge in [0.2, 0.25) is 5.91 Å². The predicted octanol–water partition coefficient (Wildman–Crippen LogP) is 1.46. The maximum absolute atomic E-state index is 12.1. The van der Waals surface area contributed by atoms with Gasteiger partial charge < -0.3 is 10.2 Å². The van der Waals surface area contributed by atoms with E-state index in [4.69, 9.17) is 0 Å². The molecule has 0 aromatic carbocycles. The highest BCUT2D eigenvalue weighted by molar-refractivity contribution is 5.82. The van der Waals surface area contributed by atoms with Gasteiger partial charge in [-0.25, -0.2) is 9.50 Å². The molecule has 106 valence electrons. The molecule has 1 amide bonds. The lowest BCUT2D eigenvalue weighted by molar-refractivity contribution is -0.130. The van der Waals surface area contributed by atoms with Gasteiger partial charge in [0.05, 0.1) is 12.2 Å². The van der Waals surface area contributed by atoms with Gasteiger partial charge in [-0.2, -0.15) is 5.10 Å². The number of aryl methyl sites for hydroxylation is 1. The van der Waals surface area contributed by atoms with E-state index in [0.717, 1.165) is 37.1 Å². The van der Waals surface area contributed by atoms with Crippen LogP contribution < -0.4 is 5.32 Å². The first-order valence-electron chi connectivity index (χ1n) is 7.07. The third kappa shape index (κ3) is 2.59. The number of carbonyl (C=O) groups excluding carboxylic acids is 1. The molecule has 6 nitrogen and oxygen atoms in total. The Kier molecular flexibility index (Phi) is 3.54. The number of nitrogens with zero attached hydrogens (tertiary/aromatic N) is 4. The second kappa shape index (κ2) is 5.48. The highest BCUT2D eigenvalue weighted by Crippen LogP contribution is 2.15. The molecule has 0 saturated carbocycles. The van der Waals surface area contributed by atoms with Crippen molar-refractivity contribution < 1.29 is 4.79 Å². The maximum atomic E-state index is 12.1. The number of piperidine rings is 1. The Morgan fingerprint density at radius 3 is 2.95 bits per heavy atom. The number of anilines is 1. The summed E-state index contributed by atoms with van der Waals surface area (Å²) in [4.78, 5) is 18.3. The van der Waals surface area contributed by atoms with Crippen molar-refractivity contribution in [1.82, 2.24) is 19.5 Å². The lowest BCUT2D eigenvalue weighted by atomic mass is 10.1. The van der Waals surface area contributed by atoms with Gasteiger partial charge in [0.25, 0.3) is 0 Å². The Morgan fingerprint density at radius 1 is 1.35 bits per heavy atom. The molecule has 0 aliphatic carbocycles. The number of rotatable bonds is 3. The first kappa shape index (κ1) is 12.9. The van der Waals surface area contributed by atoms with Crippen LogP contribution in [0.15, 0.2) is 18.5 Å². The quantitative estimate of drug-likeness (QED) is 0.919. The molecule has 0 unspecified atom stereocenters. The zero-order chi connectivity index (χ0) is 13.9. The molecular formula is C14H19N5O.